The normalized spacial score (nSPS) is 20.0. The molecule has 0 heterocycles. The highest BCUT2D eigenvalue weighted by molar-refractivity contribution is 5.64. The second-order valence-corrected chi connectivity index (χ2v) is 3.21. The lowest BCUT2D eigenvalue weighted by molar-refractivity contribution is -0.686. The van der Waals surface area contributed by atoms with Gasteiger partial charge in [-0.2, -0.15) is 0 Å². The van der Waals surface area contributed by atoms with E-state index in [2.05, 4.69) is 0 Å². The topological polar surface area (TPSA) is 56.7 Å². The molecule has 0 saturated heterocycles. The Kier molecular flexibility index (Phi) is 3.36. The minimum atomic E-state index is -0.949. The van der Waals surface area contributed by atoms with Crippen LogP contribution in [0.25, 0.3) is 0 Å². The van der Waals surface area contributed by atoms with Gasteiger partial charge in [-0.1, -0.05) is 6.42 Å². The van der Waals surface area contributed by atoms with Gasteiger partial charge in [0.2, 0.25) is 0 Å². The van der Waals surface area contributed by atoms with Crippen LogP contribution >= 0.6 is 0 Å². The molecule has 1 aliphatic carbocycles. The third-order valence-corrected chi connectivity index (χ3v) is 2.27. The molecule has 0 spiro atoms. The molecule has 1 rings (SSSR count). The van der Waals surface area contributed by atoms with Crippen LogP contribution in [0.15, 0.2) is 0 Å². The van der Waals surface area contributed by atoms with Crippen LogP contribution in [0.3, 0.4) is 0 Å². The highest BCUT2D eigenvalue weighted by Gasteiger charge is 2.14. The smallest absolute Gasteiger partial charge is 0.116 e. The van der Waals surface area contributed by atoms with Gasteiger partial charge >= 0.3 is 0 Å². The lowest BCUT2D eigenvalue weighted by atomic mass is 9.96. The summed E-state index contributed by atoms with van der Waals surface area (Å²) in [5.74, 6) is -0.949. The second kappa shape index (κ2) is 4.34. The van der Waals surface area contributed by atoms with Gasteiger partial charge < -0.3 is 15.2 Å². The van der Waals surface area contributed by atoms with Crippen molar-refractivity contribution in [2.45, 2.75) is 38.1 Å². The van der Waals surface area contributed by atoms with Crippen LogP contribution in [0.1, 0.15) is 32.1 Å². The number of hydrogen-bond donors (Lipinski definition) is 1. The summed E-state index contributed by atoms with van der Waals surface area (Å²) in [6, 6.07) is 0.543. The summed E-state index contributed by atoms with van der Waals surface area (Å²) in [7, 11) is 0. The Bertz CT molecular complexity index is 130. The molecule has 0 aliphatic heterocycles. The van der Waals surface area contributed by atoms with Crippen LogP contribution in [0, 0.1) is 0 Å². The molecule has 0 aromatic heterocycles. The molecule has 0 aromatic rings. The lowest BCUT2D eigenvalue weighted by Gasteiger charge is -2.19. The fourth-order valence-corrected chi connectivity index (χ4v) is 1.63. The Hall–Kier alpha value is -0.570. The predicted octanol–water partition coefficient (Wildman–Crippen LogP) is -1.37. The van der Waals surface area contributed by atoms with Crippen molar-refractivity contribution in [1.29, 1.82) is 0 Å². The summed E-state index contributed by atoms with van der Waals surface area (Å²) in [6.07, 6.45) is 6.18. The molecule has 0 bridgehead atoms. The highest BCUT2D eigenvalue weighted by atomic mass is 16.4. The van der Waals surface area contributed by atoms with Crippen LogP contribution in [0.2, 0.25) is 0 Å². The largest absolute Gasteiger partial charge is 0.544 e. The predicted molar refractivity (Wildman–Crippen MR) is 38.7 cm³/mol. The highest BCUT2D eigenvalue weighted by Crippen LogP contribution is 2.14. The van der Waals surface area contributed by atoms with Gasteiger partial charge in [0.05, 0.1) is 12.0 Å². The van der Waals surface area contributed by atoms with Gasteiger partial charge in [-0.25, -0.2) is 0 Å². The van der Waals surface area contributed by atoms with Crippen molar-refractivity contribution >= 4 is 5.97 Å². The third-order valence-electron chi connectivity index (χ3n) is 2.27. The number of carboxylic acids is 1. The molecule has 0 radical (unpaired) electrons. The van der Waals surface area contributed by atoms with Crippen molar-refractivity contribution in [2.24, 2.45) is 0 Å². The summed E-state index contributed by atoms with van der Waals surface area (Å²) in [4.78, 5) is 10.1. The average molecular weight is 157 g/mol. The Balaban J connectivity index is 2.09. The fourth-order valence-electron chi connectivity index (χ4n) is 1.63. The molecular formula is C8H15NO2. The zero-order valence-electron chi connectivity index (χ0n) is 6.71. The quantitative estimate of drug-likeness (QED) is 0.549. The maximum absolute atomic E-state index is 10.1. The molecular weight excluding hydrogens is 142 g/mol. The molecule has 1 saturated carbocycles. The van der Waals surface area contributed by atoms with Crippen LogP contribution in [-0.4, -0.2) is 18.6 Å². The van der Waals surface area contributed by atoms with E-state index in [0.29, 0.717) is 6.04 Å². The first-order valence-electron chi connectivity index (χ1n) is 4.32. The summed E-state index contributed by atoms with van der Waals surface area (Å²) in [5, 5.41) is 12.0. The molecule has 1 fully saturated rings. The van der Waals surface area contributed by atoms with E-state index in [1.165, 1.54) is 32.1 Å². The molecule has 0 aromatic carbocycles. The van der Waals surface area contributed by atoms with Crippen LogP contribution in [0.4, 0.5) is 0 Å². The Morgan fingerprint density at radius 2 is 2.00 bits per heavy atom. The minimum absolute atomic E-state index is 0.130. The van der Waals surface area contributed by atoms with Gasteiger partial charge in [-0.15, -0.1) is 0 Å². The maximum atomic E-state index is 10.1. The Labute approximate surface area is 66.8 Å². The van der Waals surface area contributed by atoms with Gasteiger partial charge in [0.25, 0.3) is 0 Å². The molecule has 3 heteroatoms. The summed E-state index contributed by atoms with van der Waals surface area (Å²) >= 11 is 0. The van der Waals surface area contributed by atoms with Crippen molar-refractivity contribution in [1.82, 2.24) is 0 Å². The van der Waals surface area contributed by atoms with E-state index in [9.17, 15) is 9.90 Å². The summed E-state index contributed by atoms with van der Waals surface area (Å²) in [6.45, 7) is 0.130. The first-order chi connectivity index (χ1) is 5.29. The third kappa shape index (κ3) is 3.37. The molecule has 0 amide bonds. The van der Waals surface area contributed by atoms with Gasteiger partial charge in [-0.05, 0) is 25.7 Å². The first-order valence-corrected chi connectivity index (χ1v) is 4.32. The van der Waals surface area contributed by atoms with E-state index >= 15 is 0 Å². The molecule has 0 unspecified atom stereocenters. The number of nitrogens with two attached hydrogens (primary N) is 1. The monoisotopic (exact) mass is 157 g/mol. The second-order valence-electron chi connectivity index (χ2n) is 3.21. The minimum Gasteiger partial charge on any atom is -0.544 e. The molecule has 3 nitrogen and oxygen atoms in total. The number of carbonyl (C=O) groups excluding carboxylic acids is 1. The molecule has 2 N–H and O–H groups in total. The number of aliphatic carboxylic acids is 1. The van der Waals surface area contributed by atoms with Gasteiger partial charge in [0.15, 0.2) is 0 Å². The van der Waals surface area contributed by atoms with E-state index in [1.54, 1.807) is 0 Å². The lowest BCUT2D eigenvalue weighted by Crippen LogP contribution is -2.92. The van der Waals surface area contributed by atoms with E-state index in [0.717, 1.165) is 0 Å². The number of rotatable bonds is 3. The van der Waals surface area contributed by atoms with E-state index < -0.39 is 5.97 Å². The van der Waals surface area contributed by atoms with E-state index in [1.807, 2.05) is 5.32 Å². The van der Waals surface area contributed by atoms with Crippen molar-refractivity contribution in [3.63, 3.8) is 0 Å². The first kappa shape index (κ1) is 8.53. The van der Waals surface area contributed by atoms with Gasteiger partial charge in [0, 0.05) is 0 Å². The Morgan fingerprint density at radius 3 is 2.55 bits per heavy atom. The van der Waals surface area contributed by atoms with Gasteiger partial charge in [0.1, 0.15) is 6.54 Å². The molecule has 11 heavy (non-hydrogen) atoms. The standard InChI is InChI=1S/C8H15NO2/c10-8(11)6-9-7-4-2-1-3-5-7/h7,9H,1-6H2,(H,10,11). The Morgan fingerprint density at radius 1 is 1.36 bits per heavy atom. The van der Waals surface area contributed by atoms with E-state index in [-0.39, 0.29) is 6.54 Å². The van der Waals surface area contributed by atoms with Gasteiger partial charge in [-0.3, -0.25) is 0 Å². The average Bonchev–Trinajstić information content (AvgIpc) is 2.03. The van der Waals surface area contributed by atoms with E-state index in [4.69, 9.17) is 0 Å². The molecule has 0 atom stereocenters. The van der Waals surface area contributed by atoms with Crippen LogP contribution < -0.4 is 10.4 Å². The number of quaternary nitrogens is 1. The SMILES string of the molecule is O=C([O-])C[NH2+]C1CCCCC1. The zero-order chi connectivity index (χ0) is 8.10. The fraction of sp³-hybridized carbons (Fsp3) is 0.875. The number of hydrogen-bond acceptors (Lipinski definition) is 2. The zero-order valence-corrected chi connectivity index (χ0v) is 6.71. The van der Waals surface area contributed by atoms with Crippen molar-refractivity contribution in [3.05, 3.63) is 0 Å². The van der Waals surface area contributed by atoms with Crippen molar-refractivity contribution in [2.75, 3.05) is 6.54 Å². The van der Waals surface area contributed by atoms with Crippen LogP contribution in [-0.2, 0) is 4.79 Å². The van der Waals surface area contributed by atoms with Crippen LogP contribution in [0.5, 0.6) is 0 Å². The summed E-state index contributed by atoms with van der Waals surface area (Å²) < 4.78 is 0. The van der Waals surface area contributed by atoms with Crippen molar-refractivity contribution in [3.8, 4) is 0 Å². The maximum Gasteiger partial charge on any atom is 0.116 e. The summed E-state index contributed by atoms with van der Waals surface area (Å²) in [5.41, 5.74) is 0. The number of carboxylic acid groups (broad SMARTS) is 1. The number of carbonyl (C=O) groups is 1. The van der Waals surface area contributed by atoms with Crippen molar-refractivity contribution < 1.29 is 15.2 Å². The molecule has 1 aliphatic rings. The molecule has 64 valence electrons.